The summed E-state index contributed by atoms with van der Waals surface area (Å²) in [6.45, 7) is 2.26. The number of benzene rings is 2. The fourth-order valence-electron chi connectivity index (χ4n) is 3.51. The van der Waals surface area contributed by atoms with Gasteiger partial charge in [-0.25, -0.2) is 8.78 Å². The summed E-state index contributed by atoms with van der Waals surface area (Å²) in [6.07, 6.45) is 2.47. The van der Waals surface area contributed by atoms with Crippen molar-refractivity contribution in [3.8, 4) is 0 Å². The van der Waals surface area contributed by atoms with Crippen molar-refractivity contribution >= 4 is 29.0 Å². The number of nitrogens with zero attached hydrogens (tertiary/aromatic N) is 2. The molecule has 8 heteroatoms. The molecule has 1 atom stereocenters. The van der Waals surface area contributed by atoms with Crippen molar-refractivity contribution in [3.63, 3.8) is 0 Å². The summed E-state index contributed by atoms with van der Waals surface area (Å²) in [5.41, 5.74) is 1.15. The first-order valence-corrected chi connectivity index (χ1v) is 10.6. The van der Waals surface area contributed by atoms with Crippen LogP contribution in [0.1, 0.15) is 44.2 Å². The van der Waals surface area contributed by atoms with Crippen LogP contribution in [0.15, 0.2) is 47.3 Å². The summed E-state index contributed by atoms with van der Waals surface area (Å²) in [5.74, 6) is -1.90. The predicted molar refractivity (Wildman–Crippen MR) is 119 cm³/mol. The van der Waals surface area contributed by atoms with Crippen molar-refractivity contribution in [3.05, 3.63) is 74.8 Å². The van der Waals surface area contributed by atoms with E-state index in [1.165, 1.54) is 11.0 Å². The summed E-state index contributed by atoms with van der Waals surface area (Å²) >= 11 is 5.31. The molecule has 3 rings (SSSR count). The number of H-pyrrole nitrogens is 1. The maximum atomic E-state index is 13.5. The Morgan fingerprint density at radius 2 is 1.87 bits per heavy atom. The van der Waals surface area contributed by atoms with Crippen molar-refractivity contribution in [1.29, 1.82) is 0 Å². The molecule has 0 fully saturated rings. The molecule has 1 aromatic heterocycles. The molecule has 31 heavy (non-hydrogen) atoms. The van der Waals surface area contributed by atoms with Crippen LogP contribution in [0.25, 0.3) is 10.9 Å². The highest BCUT2D eigenvalue weighted by molar-refractivity contribution is 7.71. The molecule has 0 radical (unpaired) electrons. The molecule has 1 amide bonds. The minimum atomic E-state index is -0.924. The Hall–Kier alpha value is -2.87. The topological polar surface area (TPSA) is 58.1 Å². The predicted octanol–water partition coefficient (Wildman–Crippen LogP) is 5.12. The summed E-state index contributed by atoms with van der Waals surface area (Å²) < 4.78 is 28.5. The van der Waals surface area contributed by atoms with Gasteiger partial charge < -0.3 is 9.88 Å². The van der Waals surface area contributed by atoms with Crippen molar-refractivity contribution in [2.45, 2.75) is 45.2 Å². The molecule has 0 spiro atoms. The Kier molecular flexibility index (Phi) is 7.33. The van der Waals surface area contributed by atoms with Crippen LogP contribution < -0.4 is 5.56 Å². The van der Waals surface area contributed by atoms with Gasteiger partial charge in [-0.05, 0) is 61.8 Å². The van der Waals surface area contributed by atoms with E-state index in [-0.39, 0.29) is 17.5 Å². The highest BCUT2D eigenvalue weighted by Gasteiger charge is 2.18. The number of amides is 1. The van der Waals surface area contributed by atoms with Crippen molar-refractivity contribution < 1.29 is 13.6 Å². The summed E-state index contributed by atoms with van der Waals surface area (Å²) in [7, 11) is 1.65. The smallest absolute Gasteiger partial charge is 0.262 e. The minimum absolute atomic E-state index is 0.0719. The van der Waals surface area contributed by atoms with E-state index in [0.29, 0.717) is 41.5 Å². The van der Waals surface area contributed by atoms with Gasteiger partial charge in [0, 0.05) is 20.0 Å². The molecule has 0 aliphatic carbocycles. The van der Waals surface area contributed by atoms with Crippen LogP contribution in [0.3, 0.4) is 0 Å². The highest BCUT2D eigenvalue weighted by atomic mass is 32.1. The summed E-state index contributed by atoms with van der Waals surface area (Å²) in [5, 5.41) is 0.596. The zero-order valence-corrected chi connectivity index (χ0v) is 18.3. The quantitative estimate of drug-likeness (QED) is 0.387. The number of fused-ring (bicyclic) bond motifs is 1. The molecule has 164 valence electrons. The first-order valence-electron chi connectivity index (χ1n) is 10.2. The number of carbonyl (C=O) groups is 1. The van der Waals surface area contributed by atoms with Gasteiger partial charge in [-0.1, -0.05) is 24.6 Å². The van der Waals surface area contributed by atoms with Gasteiger partial charge in [0.1, 0.15) is 0 Å². The van der Waals surface area contributed by atoms with E-state index in [2.05, 4.69) is 4.98 Å². The first kappa shape index (κ1) is 22.8. The van der Waals surface area contributed by atoms with E-state index < -0.39 is 11.6 Å². The van der Waals surface area contributed by atoms with Crippen LogP contribution >= 0.6 is 12.2 Å². The zero-order chi connectivity index (χ0) is 22.5. The molecule has 0 bridgehead atoms. The van der Waals surface area contributed by atoms with Crippen LogP contribution in [0.5, 0.6) is 0 Å². The molecule has 1 unspecified atom stereocenters. The SMILES string of the molecule is CC(c1ccc(F)c(F)c1)N(C)C(=O)CCCCCn1c(=S)[nH]c2ccccc2c1=O. The van der Waals surface area contributed by atoms with Crippen molar-refractivity contribution in [2.24, 2.45) is 0 Å². The normalized spacial score (nSPS) is 12.1. The maximum Gasteiger partial charge on any atom is 0.262 e. The number of unbranched alkanes of at least 4 members (excludes halogenated alkanes) is 2. The number of aromatic nitrogens is 2. The second-order valence-corrected chi connectivity index (χ2v) is 7.98. The Balaban J connectivity index is 1.51. The third kappa shape index (κ3) is 5.25. The van der Waals surface area contributed by atoms with Gasteiger partial charge in [0.15, 0.2) is 16.4 Å². The number of halogens is 2. The minimum Gasteiger partial charge on any atom is -0.339 e. The van der Waals surface area contributed by atoms with Crippen LogP contribution in [0.2, 0.25) is 0 Å². The second kappa shape index (κ2) is 9.96. The largest absolute Gasteiger partial charge is 0.339 e. The number of nitrogens with one attached hydrogen (secondary N) is 1. The van der Waals surface area contributed by atoms with Crippen LogP contribution in [-0.2, 0) is 11.3 Å². The molecule has 0 aliphatic rings. The van der Waals surface area contributed by atoms with E-state index >= 15 is 0 Å². The lowest BCUT2D eigenvalue weighted by Gasteiger charge is -2.25. The van der Waals surface area contributed by atoms with Gasteiger partial charge in [-0.2, -0.15) is 0 Å². The van der Waals surface area contributed by atoms with Gasteiger partial charge in [-0.15, -0.1) is 0 Å². The van der Waals surface area contributed by atoms with Crippen LogP contribution in [-0.4, -0.2) is 27.4 Å². The zero-order valence-electron chi connectivity index (χ0n) is 17.5. The third-order valence-electron chi connectivity index (χ3n) is 5.56. The van der Waals surface area contributed by atoms with E-state index in [9.17, 15) is 18.4 Å². The number of hydrogen-bond donors (Lipinski definition) is 1. The number of para-hydroxylation sites is 1. The fourth-order valence-corrected chi connectivity index (χ4v) is 3.80. The Morgan fingerprint density at radius 1 is 1.13 bits per heavy atom. The van der Waals surface area contributed by atoms with Crippen molar-refractivity contribution in [1.82, 2.24) is 14.5 Å². The van der Waals surface area contributed by atoms with E-state index in [0.717, 1.165) is 24.1 Å². The molecule has 0 saturated heterocycles. The van der Waals surface area contributed by atoms with Crippen molar-refractivity contribution in [2.75, 3.05) is 7.05 Å². The molecule has 0 aliphatic heterocycles. The van der Waals surface area contributed by atoms with Gasteiger partial charge in [0.05, 0.1) is 16.9 Å². The average Bonchev–Trinajstić information content (AvgIpc) is 2.76. The standard InChI is InChI=1S/C23H25F2N3O2S/c1-15(16-11-12-18(24)19(25)14-16)27(2)21(29)10-4-3-7-13-28-22(30)17-8-5-6-9-20(17)26-23(28)31/h5-6,8-9,11-12,14-15H,3-4,7,10,13H2,1-2H3,(H,26,31). The summed E-state index contributed by atoms with van der Waals surface area (Å²) in [4.78, 5) is 29.7. The van der Waals surface area contributed by atoms with Gasteiger partial charge >= 0.3 is 0 Å². The first-order chi connectivity index (χ1) is 14.8. The number of carbonyl (C=O) groups excluding carboxylic acids is 1. The molecular formula is C23H25F2N3O2S. The highest BCUT2D eigenvalue weighted by Crippen LogP contribution is 2.22. The Labute approximate surface area is 184 Å². The van der Waals surface area contributed by atoms with Gasteiger partial charge in [0.25, 0.3) is 5.56 Å². The molecular weight excluding hydrogens is 420 g/mol. The number of aromatic amines is 1. The number of rotatable bonds is 8. The van der Waals surface area contributed by atoms with Crippen LogP contribution in [0, 0.1) is 16.4 Å². The Bertz CT molecular complexity index is 1210. The van der Waals surface area contributed by atoms with E-state index in [4.69, 9.17) is 12.2 Å². The monoisotopic (exact) mass is 445 g/mol. The molecule has 0 saturated carbocycles. The lowest BCUT2D eigenvalue weighted by atomic mass is 10.1. The van der Waals surface area contributed by atoms with E-state index in [1.54, 1.807) is 24.6 Å². The van der Waals surface area contributed by atoms with Crippen LogP contribution in [0.4, 0.5) is 8.78 Å². The lowest BCUT2D eigenvalue weighted by molar-refractivity contribution is -0.131. The Morgan fingerprint density at radius 3 is 2.61 bits per heavy atom. The molecule has 3 aromatic rings. The molecule has 2 aromatic carbocycles. The fraction of sp³-hybridized carbons (Fsp3) is 0.348. The van der Waals surface area contributed by atoms with Gasteiger partial charge in [0.2, 0.25) is 5.91 Å². The summed E-state index contributed by atoms with van der Waals surface area (Å²) in [6, 6.07) is 10.6. The number of hydrogen-bond acceptors (Lipinski definition) is 3. The second-order valence-electron chi connectivity index (χ2n) is 7.60. The van der Waals surface area contributed by atoms with E-state index in [1.807, 2.05) is 18.2 Å². The van der Waals surface area contributed by atoms with Gasteiger partial charge in [-0.3, -0.25) is 14.2 Å². The lowest BCUT2D eigenvalue weighted by Crippen LogP contribution is -2.29. The maximum absolute atomic E-state index is 13.5. The third-order valence-corrected chi connectivity index (χ3v) is 5.88. The molecule has 5 nitrogen and oxygen atoms in total. The average molecular weight is 446 g/mol. The molecule has 1 heterocycles. The molecule has 1 N–H and O–H groups in total.